The molecule has 0 aromatic carbocycles. The second-order valence-electron chi connectivity index (χ2n) is 3.87. The van der Waals surface area contributed by atoms with Gasteiger partial charge in [-0.05, 0) is 20.8 Å². The summed E-state index contributed by atoms with van der Waals surface area (Å²) in [5.74, 6) is 0. The Morgan fingerprint density at radius 2 is 2.14 bits per heavy atom. The first-order valence-electron chi connectivity index (χ1n) is 4.20. The number of furan rings is 1. The Morgan fingerprint density at radius 3 is 2.57 bits per heavy atom. The summed E-state index contributed by atoms with van der Waals surface area (Å²) in [7, 11) is 0. The number of hydrogen-bond acceptors (Lipinski definition) is 4. The summed E-state index contributed by atoms with van der Waals surface area (Å²) < 4.78 is 9.80. The summed E-state index contributed by atoms with van der Waals surface area (Å²) in [4.78, 5) is 11.2. The van der Waals surface area contributed by atoms with E-state index in [1.165, 1.54) is 12.5 Å². The van der Waals surface area contributed by atoms with Gasteiger partial charge in [-0.25, -0.2) is 4.79 Å². The van der Waals surface area contributed by atoms with Crippen LogP contribution in [0.4, 0.5) is 16.2 Å². The molecule has 1 rings (SSSR count). The van der Waals surface area contributed by atoms with Gasteiger partial charge in [0, 0.05) is 0 Å². The number of ether oxygens (including phenoxy) is 1. The van der Waals surface area contributed by atoms with Crippen LogP contribution in [0.2, 0.25) is 0 Å². The van der Waals surface area contributed by atoms with E-state index in [4.69, 9.17) is 14.9 Å². The standard InChI is InChI=1S/C9H14N2O3/c1-9(2,3)14-8(12)11-7-5-13-4-6(7)10/h4-5H,10H2,1-3H3,(H,11,12). The number of hydrogen-bond donors (Lipinski definition) is 2. The zero-order valence-corrected chi connectivity index (χ0v) is 8.46. The molecule has 0 saturated carbocycles. The van der Waals surface area contributed by atoms with Crippen LogP contribution < -0.4 is 11.1 Å². The fourth-order valence-corrected chi connectivity index (χ4v) is 0.822. The summed E-state index contributed by atoms with van der Waals surface area (Å²) in [6.07, 6.45) is 2.14. The minimum absolute atomic E-state index is 0.371. The van der Waals surface area contributed by atoms with Crippen molar-refractivity contribution in [2.24, 2.45) is 0 Å². The Kier molecular flexibility index (Phi) is 2.69. The third-order valence-electron chi connectivity index (χ3n) is 1.33. The van der Waals surface area contributed by atoms with Gasteiger partial charge in [0.25, 0.3) is 0 Å². The van der Waals surface area contributed by atoms with Gasteiger partial charge < -0.3 is 14.9 Å². The molecule has 78 valence electrons. The van der Waals surface area contributed by atoms with Crippen molar-refractivity contribution in [2.75, 3.05) is 11.1 Å². The average Bonchev–Trinajstić information content (AvgIpc) is 2.32. The molecule has 1 heterocycles. The van der Waals surface area contributed by atoms with Crippen molar-refractivity contribution >= 4 is 17.5 Å². The summed E-state index contributed by atoms with van der Waals surface area (Å²) in [5.41, 5.74) is 5.75. The van der Waals surface area contributed by atoms with E-state index in [0.717, 1.165) is 0 Å². The lowest BCUT2D eigenvalue weighted by Crippen LogP contribution is -2.27. The summed E-state index contributed by atoms with van der Waals surface area (Å²) in [5, 5.41) is 2.47. The fraction of sp³-hybridized carbons (Fsp3) is 0.444. The van der Waals surface area contributed by atoms with Gasteiger partial charge in [-0.3, -0.25) is 5.32 Å². The molecule has 0 atom stereocenters. The Bertz CT molecular complexity index is 325. The van der Waals surface area contributed by atoms with Gasteiger partial charge in [0.15, 0.2) is 0 Å². The molecular weight excluding hydrogens is 184 g/mol. The van der Waals surface area contributed by atoms with E-state index in [9.17, 15) is 4.79 Å². The molecule has 0 fully saturated rings. The van der Waals surface area contributed by atoms with Gasteiger partial charge in [0.2, 0.25) is 0 Å². The van der Waals surface area contributed by atoms with Crippen molar-refractivity contribution in [2.45, 2.75) is 26.4 Å². The van der Waals surface area contributed by atoms with Gasteiger partial charge >= 0.3 is 6.09 Å². The zero-order valence-electron chi connectivity index (χ0n) is 8.46. The minimum Gasteiger partial charge on any atom is -0.468 e. The van der Waals surface area contributed by atoms with Crippen LogP contribution in [0.3, 0.4) is 0 Å². The highest BCUT2D eigenvalue weighted by molar-refractivity contribution is 5.88. The molecule has 0 bridgehead atoms. The lowest BCUT2D eigenvalue weighted by molar-refractivity contribution is 0.0636. The maximum atomic E-state index is 11.2. The maximum absolute atomic E-state index is 11.2. The first-order valence-corrected chi connectivity index (χ1v) is 4.20. The smallest absolute Gasteiger partial charge is 0.412 e. The van der Waals surface area contributed by atoms with Gasteiger partial charge in [0.05, 0.1) is 5.69 Å². The van der Waals surface area contributed by atoms with Crippen molar-refractivity contribution in [1.29, 1.82) is 0 Å². The number of nitrogen functional groups attached to an aromatic ring is 1. The zero-order chi connectivity index (χ0) is 10.8. The number of nitrogens with one attached hydrogen (secondary N) is 1. The van der Waals surface area contributed by atoms with Crippen LogP contribution in [0.5, 0.6) is 0 Å². The monoisotopic (exact) mass is 198 g/mol. The van der Waals surface area contributed by atoms with Crippen LogP contribution >= 0.6 is 0 Å². The van der Waals surface area contributed by atoms with E-state index in [1.807, 2.05) is 0 Å². The highest BCUT2D eigenvalue weighted by atomic mass is 16.6. The van der Waals surface area contributed by atoms with Crippen LogP contribution in [0.15, 0.2) is 16.9 Å². The molecule has 0 saturated heterocycles. The van der Waals surface area contributed by atoms with Gasteiger partial charge in [0.1, 0.15) is 23.8 Å². The molecule has 0 aliphatic rings. The van der Waals surface area contributed by atoms with Crippen LogP contribution in [-0.2, 0) is 4.74 Å². The molecule has 1 amide bonds. The molecule has 3 N–H and O–H groups in total. The first-order chi connectivity index (χ1) is 6.38. The Morgan fingerprint density at radius 1 is 1.50 bits per heavy atom. The third-order valence-corrected chi connectivity index (χ3v) is 1.33. The Labute approximate surface area is 82.2 Å². The van der Waals surface area contributed by atoms with E-state index < -0.39 is 11.7 Å². The van der Waals surface area contributed by atoms with E-state index in [0.29, 0.717) is 11.4 Å². The van der Waals surface area contributed by atoms with Crippen LogP contribution in [0.1, 0.15) is 20.8 Å². The Hall–Kier alpha value is -1.65. The number of rotatable bonds is 1. The Balaban J connectivity index is 2.54. The second-order valence-corrected chi connectivity index (χ2v) is 3.87. The number of anilines is 2. The predicted octanol–water partition coefficient (Wildman–Crippen LogP) is 2.21. The molecule has 5 nitrogen and oxygen atoms in total. The molecule has 0 aliphatic heterocycles. The van der Waals surface area contributed by atoms with Crippen molar-refractivity contribution in [1.82, 2.24) is 0 Å². The SMILES string of the molecule is CC(C)(C)OC(=O)Nc1cocc1N. The summed E-state index contributed by atoms with van der Waals surface area (Å²) in [6.45, 7) is 5.35. The normalized spacial score (nSPS) is 11.1. The number of carbonyl (C=O) groups excluding carboxylic acids is 1. The summed E-state index contributed by atoms with van der Waals surface area (Å²) >= 11 is 0. The highest BCUT2D eigenvalue weighted by Gasteiger charge is 2.17. The molecule has 0 radical (unpaired) electrons. The lowest BCUT2D eigenvalue weighted by Gasteiger charge is -2.19. The molecule has 1 aromatic rings. The van der Waals surface area contributed by atoms with Crippen molar-refractivity contribution < 1.29 is 13.9 Å². The highest BCUT2D eigenvalue weighted by Crippen LogP contribution is 2.19. The van der Waals surface area contributed by atoms with E-state index in [1.54, 1.807) is 20.8 Å². The predicted molar refractivity (Wildman–Crippen MR) is 53.0 cm³/mol. The first kappa shape index (κ1) is 10.4. The van der Waals surface area contributed by atoms with Crippen molar-refractivity contribution in [3.63, 3.8) is 0 Å². The molecule has 0 spiro atoms. The number of nitrogens with two attached hydrogens (primary N) is 1. The molecular formula is C9H14N2O3. The van der Waals surface area contributed by atoms with Gasteiger partial charge in [-0.15, -0.1) is 0 Å². The molecule has 1 aromatic heterocycles. The van der Waals surface area contributed by atoms with E-state index >= 15 is 0 Å². The van der Waals surface area contributed by atoms with Crippen LogP contribution in [0, 0.1) is 0 Å². The number of amides is 1. The van der Waals surface area contributed by atoms with Gasteiger partial charge in [-0.2, -0.15) is 0 Å². The average molecular weight is 198 g/mol. The lowest BCUT2D eigenvalue weighted by atomic mass is 10.2. The third kappa shape index (κ3) is 3.01. The van der Waals surface area contributed by atoms with Crippen molar-refractivity contribution in [3.05, 3.63) is 12.5 Å². The van der Waals surface area contributed by atoms with Gasteiger partial charge in [-0.1, -0.05) is 0 Å². The van der Waals surface area contributed by atoms with E-state index in [-0.39, 0.29) is 0 Å². The second kappa shape index (κ2) is 3.61. The molecule has 14 heavy (non-hydrogen) atoms. The molecule has 0 aliphatic carbocycles. The minimum atomic E-state index is -0.550. The largest absolute Gasteiger partial charge is 0.468 e. The molecule has 0 unspecified atom stereocenters. The quantitative estimate of drug-likeness (QED) is 0.725. The van der Waals surface area contributed by atoms with Crippen LogP contribution in [0.25, 0.3) is 0 Å². The number of carbonyl (C=O) groups is 1. The van der Waals surface area contributed by atoms with E-state index in [2.05, 4.69) is 5.32 Å². The maximum Gasteiger partial charge on any atom is 0.412 e. The topological polar surface area (TPSA) is 77.5 Å². The van der Waals surface area contributed by atoms with Crippen molar-refractivity contribution in [3.8, 4) is 0 Å². The summed E-state index contributed by atoms with van der Waals surface area (Å²) in [6, 6.07) is 0. The fourth-order valence-electron chi connectivity index (χ4n) is 0.822. The molecule has 5 heteroatoms. The van der Waals surface area contributed by atoms with Crippen LogP contribution in [-0.4, -0.2) is 11.7 Å².